The molecule has 2 aromatic carbocycles. The van der Waals surface area contributed by atoms with Crippen LogP contribution in [0.3, 0.4) is 0 Å². The fraction of sp³-hybridized carbons (Fsp3) is 0.435. The molecule has 1 fully saturated rings. The van der Waals surface area contributed by atoms with Crippen LogP contribution in [0.1, 0.15) is 47.7 Å². The average Bonchev–Trinajstić information content (AvgIpc) is 2.78. The van der Waals surface area contributed by atoms with Crippen LogP contribution in [0, 0.1) is 0 Å². The Hall–Kier alpha value is -2.42. The van der Waals surface area contributed by atoms with Crippen molar-refractivity contribution in [3.05, 3.63) is 59.2 Å². The summed E-state index contributed by atoms with van der Waals surface area (Å²) in [6.45, 7) is 5.52. The number of hydrogen-bond donors (Lipinski definition) is 2. The Morgan fingerprint density at radius 3 is 2.52 bits per heavy atom. The Balaban J connectivity index is 1.70. The molecule has 8 heteroatoms. The molecule has 1 aliphatic heterocycles. The second-order valence-corrected chi connectivity index (χ2v) is 9.47. The van der Waals surface area contributed by atoms with Gasteiger partial charge in [-0.05, 0) is 62.2 Å². The zero-order valence-corrected chi connectivity index (χ0v) is 19.0. The number of carbonyl (C=O) groups is 1. The molecule has 31 heavy (non-hydrogen) atoms. The molecule has 3 rings (SSSR count). The van der Waals surface area contributed by atoms with Crippen LogP contribution in [0.5, 0.6) is 5.75 Å². The number of amides is 1. The lowest BCUT2D eigenvalue weighted by atomic mass is 10.1. The molecule has 0 spiro atoms. The number of likely N-dealkylation sites (tertiary alicyclic amines) is 1. The second-order valence-electron chi connectivity index (χ2n) is 7.70. The summed E-state index contributed by atoms with van der Waals surface area (Å²) >= 11 is 0. The Morgan fingerprint density at radius 1 is 1.06 bits per heavy atom. The summed E-state index contributed by atoms with van der Waals surface area (Å²) in [7, 11) is -2.34. The van der Waals surface area contributed by atoms with Crippen molar-refractivity contribution in [3.8, 4) is 5.75 Å². The van der Waals surface area contributed by atoms with Gasteiger partial charge in [0.15, 0.2) is 0 Å². The van der Waals surface area contributed by atoms with Crippen LogP contribution < -0.4 is 14.8 Å². The Bertz CT molecular complexity index is 1000. The Morgan fingerprint density at radius 2 is 1.81 bits per heavy atom. The van der Waals surface area contributed by atoms with E-state index in [9.17, 15) is 13.2 Å². The minimum absolute atomic E-state index is 0.0269. The van der Waals surface area contributed by atoms with Crippen LogP contribution in [0.25, 0.3) is 0 Å². The molecule has 7 nitrogen and oxygen atoms in total. The Labute approximate surface area is 184 Å². The summed E-state index contributed by atoms with van der Waals surface area (Å²) in [6, 6.07) is 12.3. The third kappa shape index (κ3) is 6.29. The normalized spacial score (nSPS) is 14.9. The molecule has 0 aliphatic carbocycles. The molecule has 1 aliphatic rings. The molecule has 2 aromatic rings. The molecular formula is C23H31N3O4S. The van der Waals surface area contributed by atoms with Crippen molar-refractivity contribution >= 4 is 15.9 Å². The summed E-state index contributed by atoms with van der Waals surface area (Å²) in [4.78, 5) is 14.7. The van der Waals surface area contributed by atoms with Crippen LogP contribution in [0.2, 0.25) is 0 Å². The van der Waals surface area contributed by atoms with Gasteiger partial charge >= 0.3 is 0 Å². The maximum atomic E-state index is 12.8. The highest BCUT2D eigenvalue weighted by atomic mass is 32.2. The molecule has 0 unspecified atom stereocenters. The molecule has 2 N–H and O–H groups in total. The van der Waals surface area contributed by atoms with Crippen molar-refractivity contribution in [2.24, 2.45) is 0 Å². The standard InChI is InChI=1S/C23H31N3O4S/c1-3-24-23(27)21-15-20(10-11-22(21)30-2)31(28,29)25-16-18-8-7-9-19(14-18)17-26-12-5-4-6-13-26/h7-11,14-15,25H,3-6,12-13,16-17H2,1-2H3,(H,24,27). The van der Waals surface area contributed by atoms with Crippen LogP contribution in [0.15, 0.2) is 47.4 Å². The summed E-state index contributed by atoms with van der Waals surface area (Å²) < 4.78 is 33.5. The fourth-order valence-corrected chi connectivity index (χ4v) is 4.81. The number of carbonyl (C=O) groups excluding carboxylic acids is 1. The molecule has 1 heterocycles. The van der Waals surface area contributed by atoms with E-state index in [1.807, 2.05) is 18.2 Å². The number of nitrogens with one attached hydrogen (secondary N) is 2. The van der Waals surface area contributed by atoms with Gasteiger partial charge in [-0.2, -0.15) is 0 Å². The number of sulfonamides is 1. The number of piperidine rings is 1. The van der Waals surface area contributed by atoms with Crippen LogP contribution in [-0.2, 0) is 23.1 Å². The van der Waals surface area contributed by atoms with E-state index in [2.05, 4.69) is 21.0 Å². The zero-order valence-electron chi connectivity index (χ0n) is 18.2. The summed E-state index contributed by atoms with van der Waals surface area (Å²) in [6.07, 6.45) is 3.77. The molecule has 1 amide bonds. The number of methoxy groups -OCH3 is 1. The van der Waals surface area contributed by atoms with E-state index in [-0.39, 0.29) is 22.9 Å². The van der Waals surface area contributed by atoms with Crippen LogP contribution >= 0.6 is 0 Å². The summed E-state index contributed by atoms with van der Waals surface area (Å²) in [5.41, 5.74) is 2.27. The molecule has 0 bridgehead atoms. The minimum Gasteiger partial charge on any atom is -0.496 e. The van der Waals surface area contributed by atoms with E-state index in [4.69, 9.17) is 4.74 Å². The lowest BCUT2D eigenvalue weighted by Gasteiger charge is -2.26. The highest BCUT2D eigenvalue weighted by Gasteiger charge is 2.19. The van der Waals surface area contributed by atoms with E-state index >= 15 is 0 Å². The van der Waals surface area contributed by atoms with E-state index in [1.165, 1.54) is 50.1 Å². The number of ether oxygens (including phenoxy) is 1. The molecule has 1 saturated heterocycles. The van der Waals surface area contributed by atoms with Gasteiger partial charge in [0.2, 0.25) is 10.0 Å². The van der Waals surface area contributed by atoms with Gasteiger partial charge in [-0.15, -0.1) is 0 Å². The zero-order chi connectivity index (χ0) is 22.3. The SMILES string of the molecule is CCNC(=O)c1cc(S(=O)(=O)NCc2cccc(CN3CCCCC3)c2)ccc1OC. The maximum Gasteiger partial charge on any atom is 0.255 e. The van der Waals surface area contributed by atoms with Gasteiger partial charge < -0.3 is 10.1 Å². The van der Waals surface area contributed by atoms with Crippen molar-refractivity contribution in [2.45, 2.75) is 44.2 Å². The van der Waals surface area contributed by atoms with Gasteiger partial charge in [-0.3, -0.25) is 9.69 Å². The summed E-state index contributed by atoms with van der Waals surface area (Å²) in [5.74, 6) is -0.0443. The van der Waals surface area contributed by atoms with Crippen molar-refractivity contribution in [2.75, 3.05) is 26.7 Å². The number of hydrogen-bond acceptors (Lipinski definition) is 5. The predicted octanol–water partition coefficient (Wildman–Crippen LogP) is 2.91. The summed E-state index contributed by atoms with van der Waals surface area (Å²) in [5, 5.41) is 2.67. The first-order valence-corrected chi connectivity index (χ1v) is 12.2. The number of nitrogens with zero attached hydrogens (tertiary/aromatic N) is 1. The van der Waals surface area contributed by atoms with Crippen molar-refractivity contribution in [3.63, 3.8) is 0 Å². The highest BCUT2D eigenvalue weighted by molar-refractivity contribution is 7.89. The Kier molecular flexibility index (Phi) is 8.06. The quantitative estimate of drug-likeness (QED) is 0.620. The average molecular weight is 446 g/mol. The number of rotatable bonds is 9. The monoisotopic (exact) mass is 445 g/mol. The lowest BCUT2D eigenvalue weighted by molar-refractivity contribution is 0.0952. The first kappa shape index (κ1) is 23.2. The van der Waals surface area contributed by atoms with Gasteiger partial charge in [-0.1, -0.05) is 30.7 Å². The molecule has 0 atom stereocenters. The van der Waals surface area contributed by atoms with Crippen LogP contribution in [0.4, 0.5) is 0 Å². The topological polar surface area (TPSA) is 87.7 Å². The highest BCUT2D eigenvalue weighted by Crippen LogP contribution is 2.23. The van der Waals surface area contributed by atoms with Crippen molar-refractivity contribution in [1.82, 2.24) is 14.9 Å². The first-order valence-electron chi connectivity index (χ1n) is 10.7. The van der Waals surface area contributed by atoms with Gasteiger partial charge in [0.25, 0.3) is 5.91 Å². The van der Waals surface area contributed by atoms with E-state index in [0.717, 1.165) is 25.2 Å². The van der Waals surface area contributed by atoms with Gasteiger partial charge in [0.1, 0.15) is 5.75 Å². The van der Waals surface area contributed by atoms with E-state index < -0.39 is 10.0 Å². The van der Waals surface area contributed by atoms with Gasteiger partial charge in [0.05, 0.1) is 17.6 Å². The predicted molar refractivity (Wildman–Crippen MR) is 121 cm³/mol. The molecule has 0 radical (unpaired) electrons. The maximum absolute atomic E-state index is 12.8. The van der Waals surface area contributed by atoms with Crippen LogP contribution in [-0.4, -0.2) is 46.0 Å². The fourth-order valence-electron chi connectivity index (χ4n) is 3.76. The third-order valence-electron chi connectivity index (χ3n) is 5.38. The smallest absolute Gasteiger partial charge is 0.255 e. The number of benzene rings is 2. The van der Waals surface area contributed by atoms with Gasteiger partial charge in [0, 0.05) is 19.6 Å². The lowest BCUT2D eigenvalue weighted by Crippen LogP contribution is -2.29. The second kappa shape index (κ2) is 10.7. The molecule has 0 aromatic heterocycles. The first-order chi connectivity index (χ1) is 14.9. The van der Waals surface area contributed by atoms with Gasteiger partial charge in [-0.25, -0.2) is 13.1 Å². The minimum atomic E-state index is -3.79. The third-order valence-corrected chi connectivity index (χ3v) is 6.77. The molecule has 168 valence electrons. The van der Waals surface area contributed by atoms with Crippen molar-refractivity contribution in [1.29, 1.82) is 0 Å². The largest absolute Gasteiger partial charge is 0.496 e. The van der Waals surface area contributed by atoms with Crippen molar-refractivity contribution < 1.29 is 17.9 Å². The molecule has 0 saturated carbocycles. The molecular weight excluding hydrogens is 414 g/mol. The van der Waals surface area contributed by atoms with E-state index in [0.29, 0.717) is 12.3 Å². The van der Waals surface area contributed by atoms with E-state index in [1.54, 1.807) is 6.92 Å².